The lowest BCUT2D eigenvalue weighted by molar-refractivity contribution is 0.0735. The zero-order valence-electron chi connectivity index (χ0n) is 13.0. The standard InChI is InChI=1S/C20H15ClO3/c1-14-7-12-18(21)19(13-14)24-20(22)15-8-10-17(11-9-15)23-16-5-3-2-4-6-16/h2-13H,1H3. The summed E-state index contributed by atoms with van der Waals surface area (Å²) in [7, 11) is 0. The molecule has 3 aromatic rings. The number of carbonyl (C=O) groups is 1. The Morgan fingerprint density at radius 1 is 0.875 bits per heavy atom. The van der Waals surface area contributed by atoms with Crippen molar-refractivity contribution in [3.05, 3.63) is 88.9 Å². The average molecular weight is 339 g/mol. The number of rotatable bonds is 4. The van der Waals surface area contributed by atoms with Gasteiger partial charge in [-0.1, -0.05) is 35.9 Å². The molecule has 0 bridgehead atoms. The lowest BCUT2D eigenvalue weighted by atomic mass is 10.2. The quantitative estimate of drug-likeness (QED) is 0.455. The number of halogens is 1. The van der Waals surface area contributed by atoms with E-state index in [1.54, 1.807) is 36.4 Å². The van der Waals surface area contributed by atoms with E-state index in [4.69, 9.17) is 21.1 Å². The molecule has 0 amide bonds. The summed E-state index contributed by atoms with van der Waals surface area (Å²) in [5.41, 5.74) is 1.39. The summed E-state index contributed by atoms with van der Waals surface area (Å²) in [6.45, 7) is 1.91. The number of hydrogen-bond donors (Lipinski definition) is 0. The number of hydrogen-bond acceptors (Lipinski definition) is 3. The predicted molar refractivity (Wildman–Crippen MR) is 94.1 cm³/mol. The molecule has 0 aliphatic carbocycles. The van der Waals surface area contributed by atoms with Crippen LogP contribution < -0.4 is 9.47 Å². The smallest absolute Gasteiger partial charge is 0.343 e. The Morgan fingerprint density at radius 2 is 1.54 bits per heavy atom. The van der Waals surface area contributed by atoms with Gasteiger partial charge in [0.2, 0.25) is 0 Å². The fourth-order valence-corrected chi connectivity index (χ4v) is 2.29. The van der Waals surface area contributed by atoms with Crippen LogP contribution in [0.2, 0.25) is 5.02 Å². The molecular weight excluding hydrogens is 324 g/mol. The molecule has 0 heterocycles. The number of carbonyl (C=O) groups excluding carboxylic acids is 1. The van der Waals surface area contributed by atoms with Crippen molar-refractivity contribution in [2.45, 2.75) is 6.92 Å². The molecule has 0 N–H and O–H groups in total. The number of benzene rings is 3. The van der Waals surface area contributed by atoms with Crippen LogP contribution in [0, 0.1) is 6.92 Å². The van der Waals surface area contributed by atoms with Crippen LogP contribution in [0.25, 0.3) is 0 Å². The summed E-state index contributed by atoms with van der Waals surface area (Å²) in [6, 6.07) is 21.5. The maximum atomic E-state index is 12.2. The minimum Gasteiger partial charge on any atom is -0.457 e. The second-order valence-corrected chi connectivity index (χ2v) is 5.67. The Balaban J connectivity index is 1.71. The normalized spacial score (nSPS) is 10.2. The highest BCUT2D eigenvalue weighted by molar-refractivity contribution is 6.32. The van der Waals surface area contributed by atoms with Gasteiger partial charge in [0.15, 0.2) is 0 Å². The Kier molecular flexibility index (Phi) is 4.82. The molecule has 3 aromatic carbocycles. The summed E-state index contributed by atoms with van der Waals surface area (Å²) >= 11 is 6.05. The van der Waals surface area contributed by atoms with Gasteiger partial charge in [0.05, 0.1) is 10.6 Å². The first kappa shape index (κ1) is 16.1. The first-order valence-corrected chi connectivity index (χ1v) is 7.81. The van der Waals surface area contributed by atoms with Crippen LogP contribution in [0.5, 0.6) is 17.2 Å². The predicted octanol–water partition coefficient (Wildman–Crippen LogP) is 5.66. The van der Waals surface area contributed by atoms with Gasteiger partial charge in [0.1, 0.15) is 17.2 Å². The van der Waals surface area contributed by atoms with Crippen molar-refractivity contribution in [2.75, 3.05) is 0 Å². The molecule has 120 valence electrons. The van der Waals surface area contributed by atoms with E-state index in [9.17, 15) is 4.79 Å². The fraction of sp³-hybridized carbons (Fsp3) is 0.0500. The maximum absolute atomic E-state index is 12.2. The molecule has 4 heteroatoms. The summed E-state index contributed by atoms with van der Waals surface area (Å²) in [4.78, 5) is 12.2. The molecule has 0 aromatic heterocycles. The zero-order chi connectivity index (χ0) is 16.9. The molecule has 3 rings (SSSR count). The van der Waals surface area contributed by atoms with Crippen LogP contribution in [0.15, 0.2) is 72.8 Å². The molecule has 0 radical (unpaired) electrons. The number of ether oxygens (including phenoxy) is 2. The van der Waals surface area contributed by atoms with Crippen molar-refractivity contribution in [3.63, 3.8) is 0 Å². The average Bonchev–Trinajstić information content (AvgIpc) is 2.60. The Labute approximate surface area is 145 Å². The molecule has 0 atom stereocenters. The van der Waals surface area contributed by atoms with Crippen molar-refractivity contribution in [3.8, 4) is 17.2 Å². The molecule has 3 nitrogen and oxygen atoms in total. The molecule has 0 saturated heterocycles. The van der Waals surface area contributed by atoms with Crippen LogP contribution in [-0.4, -0.2) is 5.97 Å². The summed E-state index contributed by atoms with van der Waals surface area (Å²) < 4.78 is 11.1. The van der Waals surface area contributed by atoms with Crippen LogP contribution in [-0.2, 0) is 0 Å². The highest BCUT2D eigenvalue weighted by Gasteiger charge is 2.11. The van der Waals surface area contributed by atoms with Gasteiger partial charge in [0.25, 0.3) is 0 Å². The number of esters is 1. The third kappa shape index (κ3) is 3.94. The van der Waals surface area contributed by atoms with Crippen molar-refractivity contribution in [1.82, 2.24) is 0 Å². The van der Waals surface area contributed by atoms with Gasteiger partial charge < -0.3 is 9.47 Å². The first-order chi connectivity index (χ1) is 11.6. The second-order valence-electron chi connectivity index (χ2n) is 5.26. The van der Waals surface area contributed by atoms with E-state index in [1.165, 1.54) is 0 Å². The van der Waals surface area contributed by atoms with Crippen LogP contribution in [0.3, 0.4) is 0 Å². The van der Waals surface area contributed by atoms with Crippen molar-refractivity contribution >= 4 is 17.6 Å². The summed E-state index contributed by atoms with van der Waals surface area (Å²) in [6.07, 6.45) is 0. The van der Waals surface area contributed by atoms with Crippen LogP contribution >= 0.6 is 11.6 Å². The van der Waals surface area contributed by atoms with E-state index in [0.29, 0.717) is 22.1 Å². The topological polar surface area (TPSA) is 35.5 Å². The molecule has 0 aliphatic heterocycles. The molecule has 0 spiro atoms. The van der Waals surface area contributed by atoms with Crippen molar-refractivity contribution < 1.29 is 14.3 Å². The van der Waals surface area contributed by atoms with E-state index >= 15 is 0 Å². The van der Waals surface area contributed by atoms with Gasteiger partial charge in [-0.3, -0.25) is 0 Å². The number of para-hydroxylation sites is 1. The Hall–Kier alpha value is -2.78. The molecule has 0 unspecified atom stereocenters. The summed E-state index contributed by atoms with van der Waals surface area (Å²) in [5.74, 6) is 1.27. The van der Waals surface area contributed by atoms with Gasteiger partial charge in [-0.2, -0.15) is 0 Å². The van der Waals surface area contributed by atoms with Crippen molar-refractivity contribution in [2.24, 2.45) is 0 Å². The zero-order valence-corrected chi connectivity index (χ0v) is 13.8. The van der Waals surface area contributed by atoms with Gasteiger partial charge in [-0.15, -0.1) is 0 Å². The second kappa shape index (κ2) is 7.20. The fourth-order valence-electron chi connectivity index (χ4n) is 2.13. The number of aryl methyl sites for hydroxylation is 1. The lowest BCUT2D eigenvalue weighted by Crippen LogP contribution is -2.08. The van der Waals surface area contributed by atoms with Crippen LogP contribution in [0.1, 0.15) is 15.9 Å². The van der Waals surface area contributed by atoms with Gasteiger partial charge in [-0.25, -0.2) is 4.79 Å². The van der Waals surface area contributed by atoms with Crippen molar-refractivity contribution in [1.29, 1.82) is 0 Å². The molecular formula is C20H15ClO3. The van der Waals surface area contributed by atoms with E-state index in [2.05, 4.69) is 0 Å². The minimum atomic E-state index is -0.464. The van der Waals surface area contributed by atoms with Gasteiger partial charge >= 0.3 is 5.97 Å². The highest BCUT2D eigenvalue weighted by atomic mass is 35.5. The van der Waals surface area contributed by atoms with E-state index in [1.807, 2.05) is 43.3 Å². The third-order valence-electron chi connectivity index (χ3n) is 3.36. The van der Waals surface area contributed by atoms with Crippen LogP contribution in [0.4, 0.5) is 0 Å². The van der Waals surface area contributed by atoms with Gasteiger partial charge in [0, 0.05) is 0 Å². The maximum Gasteiger partial charge on any atom is 0.343 e. The van der Waals surface area contributed by atoms with Gasteiger partial charge in [-0.05, 0) is 61.0 Å². The van der Waals surface area contributed by atoms with E-state index in [0.717, 1.165) is 11.3 Å². The van der Waals surface area contributed by atoms with E-state index in [-0.39, 0.29) is 0 Å². The Morgan fingerprint density at radius 3 is 2.25 bits per heavy atom. The SMILES string of the molecule is Cc1ccc(Cl)c(OC(=O)c2ccc(Oc3ccccc3)cc2)c1. The lowest BCUT2D eigenvalue weighted by Gasteiger charge is -2.08. The third-order valence-corrected chi connectivity index (χ3v) is 3.67. The molecule has 24 heavy (non-hydrogen) atoms. The summed E-state index contributed by atoms with van der Waals surface area (Å²) in [5, 5.41) is 0.401. The highest BCUT2D eigenvalue weighted by Crippen LogP contribution is 2.27. The monoisotopic (exact) mass is 338 g/mol. The minimum absolute atomic E-state index is 0.353. The first-order valence-electron chi connectivity index (χ1n) is 7.43. The largest absolute Gasteiger partial charge is 0.457 e. The Bertz CT molecular complexity index is 843. The van der Waals surface area contributed by atoms with E-state index < -0.39 is 5.97 Å². The molecule has 0 saturated carbocycles. The molecule has 0 fully saturated rings. The molecule has 0 aliphatic rings.